The van der Waals surface area contributed by atoms with Gasteiger partial charge in [0, 0.05) is 0 Å². The molecule has 0 heterocycles. The van der Waals surface area contributed by atoms with E-state index in [2.05, 4.69) is 38.2 Å². The summed E-state index contributed by atoms with van der Waals surface area (Å²) in [5, 5.41) is 11.3. The van der Waals surface area contributed by atoms with Gasteiger partial charge in [-0.05, 0) is 29.9 Å². The Balaban J connectivity index is 2.94. The Bertz CT molecular complexity index is 474. The molecule has 0 aromatic heterocycles. The highest BCUT2D eigenvalue weighted by molar-refractivity contribution is 5.83. The molecule has 1 N–H and O–H groups in total. The van der Waals surface area contributed by atoms with Crippen molar-refractivity contribution in [2.24, 2.45) is 5.92 Å². The van der Waals surface area contributed by atoms with E-state index in [4.69, 9.17) is 5.26 Å². The summed E-state index contributed by atoms with van der Waals surface area (Å²) in [7, 11) is 0. The van der Waals surface area contributed by atoms with Crippen molar-refractivity contribution in [1.82, 2.24) is 5.32 Å². The van der Waals surface area contributed by atoms with Gasteiger partial charge >= 0.3 is 0 Å². The molecule has 0 saturated heterocycles. The summed E-state index contributed by atoms with van der Waals surface area (Å²) in [5.74, 6) is 0.219. The van der Waals surface area contributed by atoms with Crippen molar-refractivity contribution in [2.75, 3.05) is 6.54 Å². The van der Waals surface area contributed by atoms with Crippen LogP contribution >= 0.6 is 0 Å². The first-order valence-corrected chi connectivity index (χ1v) is 7.32. The second kappa shape index (κ2) is 8.37. The fraction of sp³-hybridized carbons (Fsp3) is 0.529. The summed E-state index contributed by atoms with van der Waals surface area (Å²) in [5.41, 5.74) is 2.33. The van der Waals surface area contributed by atoms with Crippen LogP contribution in [0.2, 0.25) is 0 Å². The van der Waals surface area contributed by atoms with Gasteiger partial charge in [-0.25, -0.2) is 0 Å². The lowest BCUT2D eigenvalue weighted by atomic mass is 9.88. The Kier molecular flexibility index (Phi) is 6.79. The van der Waals surface area contributed by atoms with Crippen LogP contribution in [-0.2, 0) is 11.2 Å². The topological polar surface area (TPSA) is 52.9 Å². The van der Waals surface area contributed by atoms with Gasteiger partial charge in [-0.3, -0.25) is 4.79 Å². The summed E-state index contributed by atoms with van der Waals surface area (Å²) in [6.07, 6.45) is 2.92. The largest absolute Gasteiger partial charge is 0.342 e. The Morgan fingerprint density at radius 1 is 1.40 bits per heavy atom. The zero-order valence-corrected chi connectivity index (χ0v) is 12.6. The van der Waals surface area contributed by atoms with Crippen LogP contribution in [0.1, 0.15) is 50.7 Å². The molecule has 3 nitrogen and oxygen atoms in total. The Labute approximate surface area is 122 Å². The Morgan fingerprint density at radius 3 is 2.75 bits per heavy atom. The van der Waals surface area contributed by atoms with Crippen molar-refractivity contribution in [3.63, 3.8) is 0 Å². The van der Waals surface area contributed by atoms with E-state index in [0.29, 0.717) is 5.92 Å². The van der Waals surface area contributed by atoms with Gasteiger partial charge in [0.15, 0.2) is 0 Å². The summed E-state index contributed by atoms with van der Waals surface area (Å²) in [4.78, 5) is 12.2. The van der Waals surface area contributed by atoms with E-state index in [1.54, 1.807) is 0 Å². The van der Waals surface area contributed by atoms with E-state index in [-0.39, 0.29) is 18.4 Å². The molecule has 1 aromatic rings. The summed E-state index contributed by atoms with van der Waals surface area (Å²) < 4.78 is 0. The first-order valence-electron chi connectivity index (χ1n) is 7.32. The van der Waals surface area contributed by atoms with Crippen molar-refractivity contribution in [3.8, 4) is 6.07 Å². The van der Waals surface area contributed by atoms with E-state index in [0.717, 1.165) is 24.8 Å². The molecule has 1 amide bonds. The molecule has 0 saturated carbocycles. The zero-order valence-electron chi connectivity index (χ0n) is 12.6. The summed E-state index contributed by atoms with van der Waals surface area (Å²) in [6.45, 7) is 6.45. The Morgan fingerprint density at radius 2 is 2.15 bits per heavy atom. The number of carbonyl (C=O) groups excluding carboxylic acids is 1. The molecule has 3 heteroatoms. The molecule has 0 spiro atoms. The monoisotopic (exact) mass is 272 g/mol. The first-order chi connectivity index (χ1) is 9.58. The van der Waals surface area contributed by atoms with E-state index >= 15 is 0 Å². The molecule has 0 aliphatic carbocycles. The van der Waals surface area contributed by atoms with Crippen molar-refractivity contribution >= 4 is 5.91 Å². The van der Waals surface area contributed by atoms with Gasteiger partial charge in [0.05, 0.1) is 12.0 Å². The number of amides is 1. The molecule has 0 aliphatic heterocycles. The van der Waals surface area contributed by atoms with E-state index < -0.39 is 0 Å². The number of aryl methyl sites for hydroxylation is 1. The van der Waals surface area contributed by atoms with Crippen molar-refractivity contribution < 1.29 is 4.79 Å². The predicted molar refractivity (Wildman–Crippen MR) is 81.3 cm³/mol. The van der Waals surface area contributed by atoms with E-state index in [1.165, 1.54) is 5.56 Å². The molecule has 1 unspecified atom stereocenters. The number of hydrogen-bond acceptors (Lipinski definition) is 2. The molecular weight excluding hydrogens is 248 g/mol. The highest BCUT2D eigenvalue weighted by Gasteiger charge is 2.21. The van der Waals surface area contributed by atoms with E-state index in [9.17, 15) is 4.79 Å². The maximum Gasteiger partial charge on any atom is 0.228 e. The number of rotatable bonds is 7. The SMILES string of the molecule is CCCc1cccc(C(CC(C)C)C(=O)NCC#N)c1. The molecular formula is C17H24N2O. The second-order valence-corrected chi connectivity index (χ2v) is 5.55. The van der Waals surface area contributed by atoms with E-state index in [1.807, 2.05) is 18.2 Å². The normalized spacial score (nSPS) is 11.9. The molecule has 1 atom stereocenters. The van der Waals surface area contributed by atoms with Crippen LogP contribution in [0.4, 0.5) is 0 Å². The summed E-state index contributed by atoms with van der Waals surface area (Å²) in [6, 6.07) is 10.2. The average molecular weight is 272 g/mol. The van der Waals surface area contributed by atoms with Crippen molar-refractivity contribution in [3.05, 3.63) is 35.4 Å². The predicted octanol–water partition coefficient (Wildman–Crippen LogP) is 3.41. The van der Waals surface area contributed by atoms with Crippen LogP contribution in [0, 0.1) is 17.2 Å². The van der Waals surface area contributed by atoms with Crippen LogP contribution < -0.4 is 5.32 Å². The molecule has 0 fully saturated rings. The van der Waals surface area contributed by atoms with Gasteiger partial charge in [-0.2, -0.15) is 5.26 Å². The Hall–Kier alpha value is -1.82. The fourth-order valence-corrected chi connectivity index (χ4v) is 2.37. The molecule has 0 bridgehead atoms. The maximum absolute atomic E-state index is 12.2. The average Bonchev–Trinajstić information content (AvgIpc) is 2.42. The fourth-order valence-electron chi connectivity index (χ4n) is 2.37. The molecule has 0 aliphatic rings. The third kappa shape index (κ3) is 5.05. The highest BCUT2D eigenvalue weighted by atomic mass is 16.1. The number of hydrogen-bond donors (Lipinski definition) is 1. The number of nitrogens with one attached hydrogen (secondary N) is 1. The molecule has 0 radical (unpaired) electrons. The van der Waals surface area contributed by atoms with Gasteiger partial charge in [0.25, 0.3) is 0 Å². The first kappa shape index (κ1) is 16.2. The third-order valence-electron chi connectivity index (χ3n) is 3.26. The zero-order chi connectivity index (χ0) is 15.0. The number of carbonyl (C=O) groups is 1. The molecule has 20 heavy (non-hydrogen) atoms. The van der Waals surface area contributed by atoms with Crippen LogP contribution in [0.15, 0.2) is 24.3 Å². The van der Waals surface area contributed by atoms with Crippen LogP contribution in [0.25, 0.3) is 0 Å². The van der Waals surface area contributed by atoms with Crippen molar-refractivity contribution in [1.29, 1.82) is 5.26 Å². The van der Waals surface area contributed by atoms with Crippen LogP contribution in [-0.4, -0.2) is 12.5 Å². The number of nitriles is 1. The minimum atomic E-state index is -0.167. The van der Waals surface area contributed by atoms with Gasteiger partial charge in [0.2, 0.25) is 5.91 Å². The van der Waals surface area contributed by atoms with Gasteiger partial charge in [-0.15, -0.1) is 0 Å². The lowest BCUT2D eigenvalue weighted by molar-refractivity contribution is -0.122. The van der Waals surface area contributed by atoms with Crippen molar-refractivity contribution in [2.45, 2.75) is 46.0 Å². The lowest BCUT2D eigenvalue weighted by Crippen LogP contribution is -2.30. The van der Waals surface area contributed by atoms with Crippen LogP contribution in [0.5, 0.6) is 0 Å². The minimum Gasteiger partial charge on any atom is -0.342 e. The molecule has 108 valence electrons. The van der Waals surface area contributed by atoms with Gasteiger partial charge in [-0.1, -0.05) is 51.5 Å². The lowest BCUT2D eigenvalue weighted by Gasteiger charge is -2.19. The molecule has 1 aromatic carbocycles. The number of nitrogens with zero attached hydrogens (tertiary/aromatic N) is 1. The maximum atomic E-state index is 12.2. The minimum absolute atomic E-state index is 0.0473. The second-order valence-electron chi connectivity index (χ2n) is 5.55. The summed E-state index contributed by atoms with van der Waals surface area (Å²) >= 11 is 0. The van der Waals surface area contributed by atoms with Gasteiger partial charge in [0.1, 0.15) is 6.54 Å². The smallest absolute Gasteiger partial charge is 0.228 e. The number of benzene rings is 1. The molecule has 1 rings (SSSR count). The highest BCUT2D eigenvalue weighted by Crippen LogP contribution is 2.25. The standard InChI is InChI=1S/C17H24N2O/c1-4-6-14-7-5-8-15(12-14)16(11-13(2)3)17(20)19-10-9-18/h5,7-8,12-13,16H,4,6,10-11H2,1-3H3,(H,19,20). The van der Waals surface area contributed by atoms with Crippen LogP contribution in [0.3, 0.4) is 0 Å². The quantitative estimate of drug-likeness (QED) is 0.773. The third-order valence-corrected chi connectivity index (χ3v) is 3.26. The van der Waals surface area contributed by atoms with Gasteiger partial charge < -0.3 is 5.32 Å².